The normalized spacial score (nSPS) is 9.95. The van der Waals surface area contributed by atoms with E-state index in [0.717, 1.165) is 11.1 Å². The largest absolute Gasteiger partial charge is 0.490 e. The number of rotatable bonds is 6. The number of aliphatic hydroxyl groups is 1. The number of aliphatic hydroxyl groups excluding tert-OH is 1. The molecule has 4 nitrogen and oxygen atoms in total. The van der Waals surface area contributed by atoms with Gasteiger partial charge < -0.3 is 14.6 Å². The third kappa shape index (κ3) is 3.98. The average Bonchev–Trinajstić information content (AvgIpc) is 2.54. The van der Waals surface area contributed by atoms with Gasteiger partial charge in [-0.05, 0) is 42.3 Å². The Kier molecular flexibility index (Phi) is 5.19. The van der Waals surface area contributed by atoms with Crippen molar-refractivity contribution in [3.8, 4) is 17.6 Å². The zero-order valence-corrected chi connectivity index (χ0v) is 11.9. The molecule has 108 valence electrons. The van der Waals surface area contributed by atoms with Gasteiger partial charge in [0.2, 0.25) is 0 Å². The molecule has 0 aromatic heterocycles. The lowest BCUT2D eigenvalue weighted by Gasteiger charge is -2.13. The Morgan fingerprint density at radius 2 is 1.71 bits per heavy atom. The number of hydrogen-bond acceptors (Lipinski definition) is 4. The topological polar surface area (TPSA) is 62.5 Å². The van der Waals surface area contributed by atoms with E-state index in [0.29, 0.717) is 30.3 Å². The van der Waals surface area contributed by atoms with Crippen molar-refractivity contribution in [3.63, 3.8) is 0 Å². The highest BCUT2D eigenvalue weighted by Gasteiger charge is 2.06. The number of nitrogens with zero attached hydrogens (tertiary/aromatic N) is 1. The average molecular weight is 283 g/mol. The molecular formula is C17H17NO3. The number of benzene rings is 2. The van der Waals surface area contributed by atoms with E-state index in [9.17, 15) is 0 Å². The molecule has 0 aliphatic carbocycles. The van der Waals surface area contributed by atoms with Crippen molar-refractivity contribution in [3.05, 3.63) is 59.2 Å². The van der Waals surface area contributed by atoms with Crippen LogP contribution in [0.2, 0.25) is 0 Å². The summed E-state index contributed by atoms with van der Waals surface area (Å²) in [6, 6.07) is 14.7. The number of ether oxygens (including phenoxy) is 2. The first-order chi connectivity index (χ1) is 10.3. The van der Waals surface area contributed by atoms with Crippen LogP contribution in [0, 0.1) is 11.3 Å². The van der Waals surface area contributed by atoms with Crippen LogP contribution < -0.4 is 9.47 Å². The zero-order valence-electron chi connectivity index (χ0n) is 11.9. The molecule has 2 aromatic rings. The second kappa shape index (κ2) is 7.32. The number of nitriles is 1. The van der Waals surface area contributed by atoms with Crippen molar-refractivity contribution in [1.82, 2.24) is 0 Å². The minimum atomic E-state index is -0.0318. The van der Waals surface area contributed by atoms with Gasteiger partial charge in [0.25, 0.3) is 0 Å². The van der Waals surface area contributed by atoms with E-state index in [2.05, 4.69) is 6.07 Å². The van der Waals surface area contributed by atoms with Gasteiger partial charge in [-0.3, -0.25) is 0 Å². The SMILES string of the molecule is CCOc1cc(CO)ccc1OCc1ccc(C#N)cc1. The van der Waals surface area contributed by atoms with Crippen molar-refractivity contribution in [2.45, 2.75) is 20.1 Å². The van der Waals surface area contributed by atoms with Crippen molar-refractivity contribution >= 4 is 0 Å². The molecule has 0 radical (unpaired) electrons. The van der Waals surface area contributed by atoms with Gasteiger partial charge in [-0.25, -0.2) is 0 Å². The van der Waals surface area contributed by atoms with Crippen LogP contribution >= 0.6 is 0 Å². The molecular weight excluding hydrogens is 266 g/mol. The molecule has 0 saturated carbocycles. The highest BCUT2D eigenvalue weighted by molar-refractivity contribution is 5.43. The smallest absolute Gasteiger partial charge is 0.161 e. The maximum Gasteiger partial charge on any atom is 0.161 e. The van der Waals surface area contributed by atoms with Gasteiger partial charge in [-0.15, -0.1) is 0 Å². The maximum absolute atomic E-state index is 9.16. The van der Waals surface area contributed by atoms with Crippen LogP contribution in [-0.2, 0) is 13.2 Å². The van der Waals surface area contributed by atoms with E-state index in [1.165, 1.54) is 0 Å². The van der Waals surface area contributed by atoms with Gasteiger partial charge in [-0.2, -0.15) is 5.26 Å². The lowest BCUT2D eigenvalue weighted by atomic mass is 10.1. The van der Waals surface area contributed by atoms with Crippen LogP contribution in [0.1, 0.15) is 23.6 Å². The molecule has 0 atom stereocenters. The summed E-state index contributed by atoms with van der Waals surface area (Å²) < 4.78 is 11.3. The fourth-order valence-corrected chi connectivity index (χ4v) is 1.87. The molecule has 1 N–H and O–H groups in total. The highest BCUT2D eigenvalue weighted by Crippen LogP contribution is 2.29. The summed E-state index contributed by atoms with van der Waals surface area (Å²) in [6.45, 7) is 2.79. The van der Waals surface area contributed by atoms with Crippen LogP contribution in [0.5, 0.6) is 11.5 Å². The Labute approximate surface area is 124 Å². The zero-order chi connectivity index (χ0) is 15.1. The van der Waals surface area contributed by atoms with E-state index < -0.39 is 0 Å². The molecule has 0 aliphatic rings. The van der Waals surface area contributed by atoms with Gasteiger partial charge in [0.05, 0.1) is 24.8 Å². The van der Waals surface area contributed by atoms with Gasteiger partial charge >= 0.3 is 0 Å². The fourth-order valence-electron chi connectivity index (χ4n) is 1.87. The third-order valence-corrected chi connectivity index (χ3v) is 2.97. The summed E-state index contributed by atoms with van der Waals surface area (Å²) in [5.41, 5.74) is 2.38. The maximum atomic E-state index is 9.16. The molecule has 0 fully saturated rings. The second-order valence-corrected chi connectivity index (χ2v) is 4.47. The first kappa shape index (κ1) is 14.9. The lowest BCUT2D eigenvalue weighted by Crippen LogP contribution is -2.00. The quantitative estimate of drug-likeness (QED) is 0.885. The van der Waals surface area contributed by atoms with Crippen LogP contribution in [0.15, 0.2) is 42.5 Å². The van der Waals surface area contributed by atoms with Gasteiger partial charge in [-0.1, -0.05) is 18.2 Å². The predicted molar refractivity (Wildman–Crippen MR) is 79.0 cm³/mol. The Hall–Kier alpha value is -2.51. The van der Waals surface area contributed by atoms with Crippen LogP contribution in [0.25, 0.3) is 0 Å². The van der Waals surface area contributed by atoms with Gasteiger partial charge in [0.1, 0.15) is 6.61 Å². The van der Waals surface area contributed by atoms with E-state index in [1.807, 2.05) is 19.1 Å². The summed E-state index contributed by atoms with van der Waals surface area (Å²) in [5.74, 6) is 1.26. The van der Waals surface area contributed by atoms with Crippen LogP contribution in [0.4, 0.5) is 0 Å². The second-order valence-electron chi connectivity index (χ2n) is 4.47. The van der Waals surface area contributed by atoms with Crippen molar-refractivity contribution < 1.29 is 14.6 Å². The van der Waals surface area contributed by atoms with E-state index in [4.69, 9.17) is 19.8 Å². The Morgan fingerprint density at radius 3 is 2.33 bits per heavy atom. The standard InChI is InChI=1S/C17H17NO3/c1-2-20-17-9-15(11-19)7-8-16(17)21-12-14-5-3-13(10-18)4-6-14/h3-9,19H,2,11-12H2,1H3. The van der Waals surface area contributed by atoms with E-state index >= 15 is 0 Å². The van der Waals surface area contributed by atoms with Crippen molar-refractivity contribution in [2.75, 3.05) is 6.61 Å². The molecule has 0 bridgehead atoms. The summed E-state index contributed by atoms with van der Waals surface area (Å²) in [4.78, 5) is 0. The molecule has 2 rings (SSSR count). The summed E-state index contributed by atoms with van der Waals surface area (Å²) in [6.07, 6.45) is 0. The molecule has 4 heteroatoms. The molecule has 21 heavy (non-hydrogen) atoms. The van der Waals surface area contributed by atoms with Crippen LogP contribution in [0.3, 0.4) is 0 Å². The molecule has 0 aliphatic heterocycles. The van der Waals surface area contributed by atoms with E-state index in [1.54, 1.807) is 30.3 Å². The predicted octanol–water partition coefficient (Wildman–Crippen LogP) is 3.03. The van der Waals surface area contributed by atoms with Gasteiger partial charge in [0, 0.05) is 0 Å². The van der Waals surface area contributed by atoms with Gasteiger partial charge in [0.15, 0.2) is 11.5 Å². The molecule has 0 saturated heterocycles. The lowest BCUT2D eigenvalue weighted by molar-refractivity contribution is 0.264. The molecule has 0 unspecified atom stereocenters. The van der Waals surface area contributed by atoms with Crippen LogP contribution in [-0.4, -0.2) is 11.7 Å². The summed E-state index contributed by atoms with van der Waals surface area (Å²) >= 11 is 0. The molecule has 0 heterocycles. The monoisotopic (exact) mass is 283 g/mol. The Morgan fingerprint density at radius 1 is 1.00 bits per heavy atom. The van der Waals surface area contributed by atoms with E-state index in [-0.39, 0.29) is 6.61 Å². The molecule has 2 aromatic carbocycles. The molecule has 0 amide bonds. The first-order valence-corrected chi connectivity index (χ1v) is 6.75. The molecule has 0 spiro atoms. The number of hydrogen-bond donors (Lipinski definition) is 1. The van der Waals surface area contributed by atoms with Crippen molar-refractivity contribution in [2.24, 2.45) is 0 Å². The Balaban J connectivity index is 2.09. The first-order valence-electron chi connectivity index (χ1n) is 6.75. The summed E-state index contributed by atoms with van der Waals surface area (Å²) in [5, 5.41) is 17.9. The van der Waals surface area contributed by atoms with Crippen molar-refractivity contribution in [1.29, 1.82) is 5.26 Å². The third-order valence-electron chi connectivity index (χ3n) is 2.97. The fraction of sp³-hybridized carbons (Fsp3) is 0.235. The highest BCUT2D eigenvalue weighted by atomic mass is 16.5. The minimum absolute atomic E-state index is 0.0318. The summed E-state index contributed by atoms with van der Waals surface area (Å²) in [7, 11) is 0. The minimum Gasteiger partial charge on any atom is -0.490 e. The Bertz CT molecular complexity index is 629.